The molecule has 0 amide bonds. The van der Waals surface area contributed by atoms with Crippen LogP contribution in [-0.4, -0.2) is 25.1 Å². The second-order valence-corrected chi connectivity index (χ2v) is 4.57. The van der Waals surface area contributed by atoms with E-state index >= 15 is 0 Å². The highest BCUT2D eigenvalue weighted by Crippen LogP contribution is 2.23. The fourth-order valence-electron chi connectivity index (χ4n) is 1.67. The third-order valence-electron chi connectivity index (χ3n) is 2.52. The SMILES string of the molecule is Cc1ccc(OCC2COC(C)(C)O2)cc1. The van der Waals surface area contributed by atoms with Gasteiger partial charge in [-0.2, -0.15) is 0 Å². The Kier molecular flexibility index (Phi) is 3.17. The minimum atomic E-state index is -0.471. The fraction of sp³-hybridized carbons (Fsp3) is 0.538. The Labute approximate surface area is 96.3 Å². The highest BCUT2D eigenvalue weighted by molar-refractivity contribution is 5.26. The van der Waals surface area contributed by atoms with E-state index in [1.165, 1.54) is 5.56 Å². The van der Waals surface area contributed by atoms with Crippen LogP contribution in [0.3, 0.4) is 0 Å². The normalized spacial score (nSPS) is 23.3. The molecule has 1 atom stereocenters. The molecule has 16 heavy (non-hydrogen) atoms. The lowest BCUT2D eigenvalue weighted by Gasteiger charge is -2.17. The smallest absolute Gasteiger partial charge is 0.163 e. The van der Waals surface area contributed by atoms with E-state index in [1.54, 1.807) is 0 Å². The van der Waals surface area contributed by atoms with E-state index < -0.39 is 5.79 Å². The maximum atomic E-state index is 5.65. The topological polar surface area (TPSA) is 27.7 Å². The van der Waals surface area contributed by atoms with Crippen molar-refractivity contribution in [1.82, 2.24) is 0 Å². The Hall–Kier alpha value is -1.06. The van der Waals surface area contributed by atoms with Gasteiger partial charge < -0.3 is 14.2 Å². The minimum absolute atomic E-state index is 0.0244. The number of aryl methyl sites for hydroxylation is 1. The van der Waals surface area contributed by atoms with Crippen molar-refractivity contribution >= 4 is 0 Å². The quantitative estimate of drug-likeness (QED) is 0.786. The van der Waals surface area contributed by atoms with Gasteiger partial charge in [0.1, 0.15) is 18.5 Å². The van der Waals surface area contributed by atoms with Crippen LogP contribution in [0.1, 0.15) is 19.4 Å². The first-order valence-electron chi connectivity index (χ1n) is 5.56. The van der Waals surface area contributed by atoms with Crippen LogP contribution in [0.2, 0.25) is 0 Å². The molecule has 0 saturated carbocycles. The summed E-state index contributed by atoms with van der Waals surface area (Å²) in [4.78, 5) is 0. The summed E-state index contributed by atoms with van der Waals surface area (Å²) in [5, 5.41) is 0. The van der Waals surface area contributed by atoms with Crippen LogP contribution in [0, 0.1) is 6.92 Å². The highest BCUT2D eigenvalue weighted by Gasteiger charge is 2.32. The molecule has 0 aromatic heterocycles. The van der Waals surface area contributed by atoms with Gasteiger partial charge in [-0.05, 0) is 32.9 Å². The first kappa shape index (κ1) is 11.4. The minimum Gasteiger partial charge on any atom is -0.491 e. The van der Waals surface area contributed by atoms with Gasteiger partial charge in [-0.3, -0.25) is 0 Å². The average Bonchev–Trinajstić information content (AvgIpc) is 2.58. The van der Waals surface area contributed by atoms with Crippen molar-refractivity contribution < 1.29 is 14.2 Å². The molecule has 1 heterocycles. The average molecular weight is 222 g/mol. The Morgan fingerprint density at radius 2 is 2.00 bits per heavy atom. The zero-order valence-electron chi connectivity index (χ0n) is 10.0. The molecule has 1 aromatic rings. The monoisotopic (exact) mass is 222 g/mol. The lowest BCUT2D eigenvalue weighted by molar-refractivity contribution is -0.141. The van der Waals surface area contributed by atoms with Crippen molar-refractivity contribution in [2.75, 3.05) is 13.2 Å². The van der Waals surface area contributed by atoms with Crippen LogP contribution in [0.4, 0.5) is 0 Å². The summed E-state index contributed by atoms with van der Waals surface area (Å²) in [6, 6.07) is 8.00. The fourth-order valence-corrected chi connectivity index (χ4v) is 1.67. The standard InChI is InChI=1S/C13H18O3/c1-10-4-6-11(7-5-10)14-8-12-9-15-13(2,3)16-12/h4-7,12H,8-9H2,1-3H3. The number of ether oxygens (including phenoxy) is 3. The van der Waals surface area contributed by atoms with Gasteiger partial charge in [0.05, 0.1) is 6.61 Å². The molecule has 2 rings (SSSR count). The summed E-state index contributed by atoms with van der Waals surface area (Å²) in [5.41, 5.74) is 1.23. The molecule has 0 bridgehead atoms. The van der Waals surface area contributed by atoms with E-state index in [1.807, 2.05) is 38.1 Å². The maximum absolute atomic E-state index is 5.65. The Morgan fingerprint density at radius 3 is 2.56 bits per heavy atom. The summed E-state index contributed by atoms with van der Waals surface area (Å²) >= 11 is 0. The second-order valence-electron chi connectivity index (χ2n) is 4.57. The van der Waals surface area contributed by atoms with E-state index in [0.29, 0.717) is 13.2 Å². The van der Waals surface area contributed by atoms with Crippen molar-refractivity contribution in [3.8, 4) is 5.75 Å². The molecule has 0 radical (unpaired) electrons. The molecule has 0 N–H and O–H groups in total. The van der Waals surface area contributed by atoms with Crippen molar-refractivity contribution in [2.24, 2.45) is 0 Å². The van der Waals surface area contributed by atoms with Gasteiger partial charge in [0.15, 0.2) is 5.79 Å². The van der Waals surface area contributed by atoms with Crippen molar-refractivity contribution in [3.05, 3.63) is 29.8 Å². The third-order valence-corrected chi connectivity index (χ3v) is 2.52. The zero-order valence-corrected chi connectivity index (χ0v) is 10.0. The van der Waals surface area contributed by atoms with Crippen LogP contribution in [0.25, 0.3) is 0 Å². The van der Waals surface area contributed by atoms with Gasteiger partial charge in [0, 0.05) is 0 Å². The summed E-state index contributed by atoms with van der Waals surface area (Å²) in [6.07, 6.45) is 0.0244. The molecule has 1 fully saturated rings. The Morgan fingerprint density at radius 1 is 1.31 bits per heavy atom. The summed E-state index contributed by atoms with van der Waals surface area (Å²) in [6.45, 7) is 7.02. The molecule has 1 saturated heterocycles. The first-order valence-corrected chi connectivity index (χ1v) is 5.56. The number of hydrogen-bond donors (Lipinski definition) is 0. The van der Waals surface area contributed by atoms with Crippen LogP contribution < -0.4 is 4.74 Å². The number of rotatable bonds is 3. The van der Waals surface area contributed by atoms with Gasteiger partial charge >= 0.3 is 0 Å². The van der Waals surface area contributed by atoms with Crippen LogP contribution in [0.5, 0.6) is 5.75 Å². The van der Waals surface area contributed by atoms with Gasteiger partial charge in [-0.15, -0.1) is 0 Å². The zero-order chi connectivity index (χ0) is 11.6. The largest absolute Gasteiger partial charge is 0.491 e. The van der Waals surface area contributed by atoms with E-state index in [-0.39, 0.29) is 6.10 Å². The van der Waals surface area contributed by atoms with Crippen LogP contribution in [0.15, 0.2) is 24.3 Å². The molecule has 88 valence electrons. The first-order chi connectivity index (χ1) is 7.55. The molecule has 3 nitrogen and oxygen atoms in total. The molecule has 1 unspecified atom stereocenters. The van der Waals surface area contributed by atoms with Crippen molar-refractivity contribution in [1.29, 1.82) is 0 Å². The van der Waals surface area contributed by atoms with Gasteiger partial charge in [0.25, 0.3) is 0 Å². The highest BCUT2D eigenvalue weighted by atomic mass is 16.7. The van der Waals surface area contributed by atoms with Crippen molar-refractivity contribution in [3.63, 3.8) is 0 Å². The van der Waals surface area contributed by atoms with Gasteiger partial charge in [0.2, 0.25) is 0 Å². The van der Waals surface area contributed by atoms with E-state index in [9.17, 15) is 0 Å². The molecule has 1 aliphatic heterocycles. The number of benzene rings is 1. The molecular weight excluding hydrogens is 204 g/mol. The molecule has 3 heteroatoms. The molecule has 1 aliphatic rings. The lowest BCUT2D eigenvalue weighted by Crippen LogP contribution is -2.25. The van der Waals surface area contributed by atoms with E-state index in [2.05, 4.69) is 6.92 Å². The molecular formula is C13H18O3. The molecule has 1 aromatic carbocycles. The third kappa shape index (κ3) is 2.97. The Bertz CT molecular complexity index is 343. The molecule has 0 aliphatic carbocycles. The Balaban J connectivity index is 1.82. The predicted molar refractivity (Wildman–Crippen MR) is 61.6 cm³/mol. The van der Waals surface area contributed by atoms with E-state index in [0.717, 1.165) is 5.75 Å². The van der Waals surface area contributed by atoms with Crippen LogP contribution in [-0.2, 0) is 9.47 Å². The maximum Gasteiger partial charge on any atom is 0.163 e. The summed E-state index contributed by atoms with van der Waals surface area (Å²) in [5.74, 6) is 0.403. The van der Waals surface area contributed by atoms with Crippen molar-refractivity contribution in [2.45, 2.75) is 32.7 Å². The van der Waals surface area contributed by atoms with Crippen LogP contribution >= 0.6 is 0 Å². The molecule has 0 spiro atoms. The van der Waals surface area contributed by atoms with Gasteiger partial charge in [-0.1, -0.05) is 17.7 Å². The predicted octanol–water partition coefficient (Wildman–Crippen LogP) is 2.53. The van der Waals surface area contributed by atoms with Gasteiger partial charge in [-0.25, -0.2) is 0 Å². The number of hydrogen-bond acceptors (Lipinski definition) is 3. The second kappa shape index (κ2) is 4.44. The lowest BCUT2D eigenvalue weighted by atomic mass is 10.2. The summed E-state index contributed by atoms with van der Waals surface area (Å²) in [7, 11) is 0. The van der Waals surface area contributed by atoms with E-state index in [4.69, 9.17) is 14.2 Å². The summed E-state index contributed by atoms with van der Waals surface area (Å²) < 4.78 is 16.7.